The molecule has 7 N–H and O–H groups in total. The molecule has 414 valence electrons. The standard InChI is InChI=1S/C50H82F3N3O15S/c1-14-36-50(10,63)42(60)29(6)39(54)25(2)22-49(9,67-13)44(27(4)38(28(5)45(62)70-36)35-23-48(8,66-12)43(61)30(7)69-35)71-46-41(59)34(21-26(3)68-46)56(11)20-19-37(57)55-33(24-51)40(58)31-15-17-32(18-16-31)72(64,65)47(52)53/h15-18,25-30,33-36,38,40-44,46-47,54,58-61,63H,14,19-24H2,1-13H3,(H,55,57)/t25-,26-,27+,28-,29+,30+,33-,34+,35-,36-,38?,40-,41-,42-,43+,44-,46+,48-,49-,50-/m1/s1. The third-order valence-corrected chi connectivity index (χ3v) is 17.4. The highest BCUT2D eigenvalue weighted by Gasteiger charge is 2.56. The molecule has 0 spiro atoms. The lowest BCUT2D eigenvalue weighted by atomic mass is 9.67. The Labute approximate surface area is 423 Å². The van der Waals surface area contributed by atoms with Crippen molar-refractivity contribution in [1.82, 2.24) is 10.2 Å². The van der Waals surface area contributed by atoms with Crippen molar-refractivity contribution in [3.63, 3.8) is 0 Å². The minimum Gasteiger partial charge on any atom is -0.459 e. The monoisotopic (exact) mass is 1050 g/mol. The molecule has 20 atom stereocenters. The van der Waals surface area contributed by atoms with Gasteiger partial charge in [0, 0.05) is 57.2 Å². The molecular weight excluding hydrogens is 972 g/mol. The second kappa shape index (κ2) is 24.9. The van der Waals surface area contributed by atoms with E-state index in [1.165, 1.54) is 21.1 Å². The van der Waals surface area contributed by atoms with E-state index >= 15 is 0 Å². The zero-order chi connectivity index (χ0) is 54.6. The maximum Gasteiger partial charge on any atom is 0.341 e. The molecule has 3 saturated heterocycles. The third-order valence-electron chi connectivity index (χ3n) is 16.0. The highest BCUT2D eigenvalue weighted by Crippen LogP contribution is 2.46. The summed E-state index contributed by atoms with van der Waals surface area (Å²) in [7, 11) is -0.275. The maximum absolute atomic E-state index is 14.6. The second-order valence-corrected chi connectivity index (χ2v) is 23.1. The van der Waals surface area contributed by atoms with Gasteiger partial charge in [-0.3, -0.25) is 9.59 Å². The first-order valence-electron chi connectivity index (χ1n) is 24.8. The predicted octanol–water partition coefficient (Wildman–Crippen LogP) is 4.11. The summed E-state index contributed by atoms with van der Waals surface area (Å²) >= 11 is 0. The van der Waals surface area contributed by atoms with Crippen LogP contribution >= 0.6 is 0 Å². The largest absolute Gasteiger partial charge is 0.459 e. The molecule has 0 aliphatic carbocycles. The third kappa shape index (κ3) is 13.4. The Morgan fingerprint density at radius 1 is 0.958 bits per heavy atom. The summed E-state index contributed by atoms with van der Waals surface area (Å²) in [6.45, 7) is 15.9. The van der Waals surface area contributed by atoms with Gasteiger partial charge in [-0.05, 0) is 90.5 Å². The number of likely N-dealkylation sites (N-methyl/N-ethyl adjacent to an activating group) is 1. The molecule has 4 rings (SSSR count). The van der Waals surface area contributed by atoms with E-state index in [2.05, 4.69) is 5.32 Å². The number of ether oxygens (including phenoxy) is 6. The van der Waals surface area contributed by atoms with E-state index in [-0.39, 0.29) is 49.9 Å². The molecule has 0 saturated carbocycles. The Morgan fingerprint density at radius 2 is 1.56 bits per heavy atom. The number of hydrogen-bond donors (Lipinski definition) is 7. The van der Waals surface area contributed by atoms with E-state index in [1.807, 2.05) is 6.92 Å². The van der Waals surface area contributed by atoms with Crippen molar-refractivity contribution in [2.45, 2.75) is 202 Å². The molecule has 1 aromatic carbocycles. The number of carbonyl (C=O) groups is 2. The van der Waals surface area contributed by atoms with Crippen LogP contribution in [0.15, 0.2) is 29.2 Å². The first-order valence-corrected chi connectivity index (χ1v) is 26.4. The van der Waals surface area contributed by atoms with Crippen LogP contribution in [-0.2, 0) is 47.8 Å². The molecule has 1 amide bonds. The van der Waals surface area contributed by atoms with Crippen molar-refractivity contribution < 1.29 is 85.1 Å². The molecule has 18 nitrogen and oxygen atoms in total. The number of carbonyl (C=O) groups excluding carboxylic acids is 2. The number of rotatable bonds is 16. The van der Waals surface area contributed by atoms with E-state index in [9.17, 15) is 62.1 Å². The summed E-state index contributed by atoms with van der Waals surface area (Å²) in [5, 5.41) is 69.6. The number of aliphatic hydroxyl groups excluding tert-OH is 4. The topological polar surface area (TPSA) is 264 Å². The number of aliphatic hydroxyl groups is 5. The van der Waals surface area contributed by atoms with Crippen LogP contribution in [0.5, 0.6) is 0 Å². The Balaban J connectivity index is 1.68. The van der Waals surface area contributed by atoms with Crippen LogP contribution in [0.1, 0.15) is 113 Å². The minimum absolute atomic E-state index is 0.0192. The summed E-state index contributed by atoms with van der Waals surface area (Å²) in [4.78, 5) is 28.9. The highest BCUT2D eigenvalue weighted by atomic mass is 32.2. The number of sulfone groups is 1. The van der Waals surface area contributed by atoms with E-state index in [1.54, 1.807) is 67.3 Å². The fourth-order valence-corrected chi connectivity index (χ4v) is 11.9. The van der Waals surface area contributed by atoms with Crippen molar-refractivity contribution in [2.75, 3.05) is 34.5 Å². The van der Waals surface area contributed by atoms with Gasteiger partial charge in [0.1, 0.15) is 36.7 Å². The van der Waals surface area contributed by atoms with Gasteiger partial charge in [-0.25, -0.2) is 12.8 Å². The van der Waals surface area contributed by atoms with E-state index < -0.39 is 159 Å². The number of amides is 1. The van der Waals surface area contributed by atoms with Gasteiger partial charge in [0.2, 0.25) is 15.7 Å². The van der Waals surface area contributed by atoms with E-state index in [4.69, 9.17) is 28.4 Å². The van der Waals surface area contributed by atoms with Crippen LogP contribution in [0.3, 0.4) is 0 Å². The Kier molecular flexibility index (Phi) is 21.3. The second-order valence-electron chi connectivity index (χ2n) is 21.2. The Hall–Kier alpha value is -2.87. The van der Waals surface area contributed by atoms with Crippen LogP contribution in [0.25, 0.3) is 0 Å². The zero-order valence-corrected chi connectivity index (χ0v) is 44.8. The highest BCUT2D eigenvalue weighted by molar-refractivity contribution is 7.91. The molecule has 3 heterocycles. The van der Waals surface area contributed by atoms with Gasteiger partial charge in [-0.2, -0.15) is 8.78 Å². The van der Waals surface area contributed by atoms with Gasteiger partial charge in [-0.1, -0.05) is 46.8 Å². The van der Waals surface area contributed by atoms with Gasteiger partial charge < -0.3 is 69.6 Å². The number of hydrogen-bond acceptors (Lipinski definition) is 17. The lowest BCUT2D eigenvalue weighted by Gasteiger charge is -2.52. The molecule has 72 heavy (non-hydrogen) atoms. The van der Waals surface area contributed by atoms with Gasteiger partial charge >= 0.3 is 11.7 Å². The molecular formula is C50H82F3N3O15S. The number of methoxy groups -OCH3 is 2. The molecule has 0 aromatic heterocycles. The fourth-order valence-electron chi connectivity index (χ4n) is 11.2. The van der Waals surface area contributed by atoms with Crippen molar-refractivity contribution >= 4 is 27.4 Å². The van der Waals surface area contributed by atoms with Gasteiger partial charge in [0.25, 0.3) is 0 Å². The average molecular weight is 1050 g/mol. The first-order chi connectivity index (χ1) is 33.4. The predicted molar refractivity (Wildman–Crippen MR) is 258 cm³/mol. The lowest BCUT2D eigenvalue weighted by Crippen LogP contribution is -2.62. The number of alkyl halides is 3. The number of cyclic esters (lactones) is 1. The molecule has 3 aliphatic heterocycles. The fraction of sp³-hybridized carbons (Fsp3) is 0.820. The molecule has 22 heteroatoms. The summed E-state index contributed by atoms with van der Waals surface area (Å²) in [6.07, 6.45) is -10.8. The van der Waals surface area contributed by atoms with Crippen LogP contribution in [-0.4, -0.2) is 181 Å². The van der Waals surface area contributed by atoms with Crippen molar-refractivity contribution in [2.24, 2.45) is 29.6 Å². The number of nitrogens with one attached hydrogen (secondary N) is 2. The maximum atomic E-state index is 14.6. The van der Waals surface area contributed by atoms with Gasteiger partial charge in [0.15, 0.2) is 6.29 Å². The van der Waals surface area contributed by atoms with Crippen molar-refractivity contribution in [3.8, 4) is 0 Å². The summed E-state index contributed by atoms with van der Waals surface area (Å²) in [5.41, 5.74) is -4.34. The lowest BCUT2D eigenvalue weighted by molar-refractivity contribution is -0.305. The van der Waals surface area contributed by atoms with Crippen LogP contribution in [0.4, 0.5) is 13.2 Å². The normalized spacial score (nSPS) is 39.8. The molecule has 1 unspecified atom stereocenters. The molecule has 0 bridgehead atoms. The summed E-state index contributed by atoms with van der Waals surface area (Å²) in [5.74, 6) is -9.05. The van der Waals surface area contributed by atoms with Crippen LogP contribution < -0.4 is 5.32 Å². The average Bonchev–Trinajstić information content (AvgIpc) is 3.34. The smallest absolute Gasteiger partial charge is 0.341 e. The molecule has 3 fully saturated rings. The SMILES string of the molecule is CC[C@H]1OC(=O)[C@H](C)C([C@H]2C[C@@](C)(OC)[C@@H](O)[C@H](C)O2)[C@H](C)[C@@H](O[C@@H]2O[C@H](C)C[C@H](N(C)CCC(=O)N[C@H](CF)[C@H](O)c3ccc(S(=O)(=O)C(F)F)cc3)[C@H]2O)[C@](C)(OC)C[C@@H](C)C(=N)[C@H](C)[C@@H](O)[C@]1(C)O. The number of nitrogens with zero attached hydrogens (tertiary/aromatic N) is 1. The number of benzene rings is 1. The van der Waals surface area contributed by atoms with Crippen molar-refractivity contribution in [1.29, 1.82) is 5.41 Å². The van der Waals surface area contributed by atoms with Crippen LogP contribution in [0.2, 0.25) is 0 Å². The number of esters is 1. The van der Waals surface area contributed by atoms with E-state index in [0.717, 1.165) is 24.3 Å². The molecule has 3 aliphatic rings. The quantitative estimate of drug-likeness (QED) is 0.115. The zero-order valence-electron chi connectivity index (χ0n) is 44.0. The van der Waals surface area contributed by atoms with Crippen LogP contribution in [0, 0.1) is 35.0 Å². The first kappa shape index (κ1) is 61.7. The Morgan fingerprint density at radius 3 is 2.10 bits per heavy atom. The van der Waals surface area contributed by atoms with E-state index in [0.29, 0.717) is 0 Å². The van der Waals surface area contributed by atoms with Crippen molar-refractivity contribution in [3.05, 3.63) is 29.8 Å². The summed E-state index contributed by atoms with van der Waals surface area (Å²) in [6, 6.07) is 1.67. The Bertz CT molecular complexity index is 2080. The number of halogens is 3. The van der Waals surface area contributed by atoms with Gasteiger partial charge in [-0.15, -0.1) is 0 Å². The molecule has 1 aromatic rings. The molecule has 0 radical (unpaired) electrons. The minimum atomic E-state index is -4.91. The summed E-state index contributed by atoms with van der Waals surface area (Å²) < 4.78 is 102. The van der Waals surface area contributed by atoms with Gasteiger partial charge in [0.05, 0.1) is 58.6 Å².